The lowest BCUT2D eigenvalue weighted by Gasteiger charge is -2.19. The molecule has 0 aliphatic carbocycles. The number of benzene rings is 1. The fraction of sp³-hybridized carbons (Fsp3) is 0.364. The number of carbonyl (C=O) groups is 1. The largest absolute Gasteiger partial charge is 0.480 e. The molecule has 0 saturated heterocycles. The van der Waals surface area contributed by atoms with Crippen molar-refractivity contribution in [2.24, 2.45) is 0 Å². The quantitative estimate of drug-likeness (QED) is 0.701. The number of rotatable bonds is 5. The van der Waals surface area contributed by atoms with E-state index in [4.69, 9.17) is 5.11 Å². The zero-order valence-electron chi connectivity index (χ0n) is 8.97. The van der Waals surface area contributed by atoms with Crippen LogP contribution < -0.4 is 5.43 Å². The van der Waals surface area contributed by atoms with E-state index >= 15 is 0 Å². The molecule has 0 bridgehead atoms. The summed E-state index contributed by atoms with van der Waals surface area (Å²) in [7, 11) is 3.56. The minimum absolute atomic E-state index is 0.481. The third kappa shape index (κ3) is 4.10. The average Bonchev–Trinajstić information content (AvgIpc) is 2.17. The zero-order chi connectivity index (χ0) is 11.3. The number of carboxylic acid groups (broad SMARTS) is 1. The first kappa shape index (κ1) is 11.7. The second kappa shape index (κ2) is 5.48. The Morgan fingerprint density at radius 3 is 2.47 bits per heavy atom. The molecule has 1 aromatic rings. The van der Waals surface area contributed by atoms with E-state index in [9.17, 15) is 4.79 Å². The van der Waals surface area contributed by atoms with Crippen molar-refractivity contribution in [3.8, 4) is 0 Å². The number of aliphatic carboxylic acids is 1. The molecule has 0 aliphatic rings. The molecular weight excluding hydrogens is 192 g/mol. The molecule has 1 rings (SSSR count). The maximum atomic E-state index is 11.0. The SMILES string of the molecule is CN(C)NC(Cc1ccccc1)C(=O)O. The van der Waals surface area contributed by atoms with Gasteiger partial charge < -0.3 is 5.11 Å². The third-order valence-electron chi connectivity index (χ3n) is 1.99. The second-order valence-electron chi connectivity index (χ2n) is 3.60. The van der Waals surface area contributed by atoms with Crippen LogP contribution in [0.25, 0.3) is 0 Å². The van der Waals surface area contributed by atoms with Crippen LogP contribution in [0.15, 0.2) is 30.3 Å². The Morgan fingerprint density at radius 1 is 1.40 bits per heavy atom. The first-order chi connectivity index (χ1) is 7.09. The Bertz CT molecular complexity index is 312. The van der Waals surface area contributed by atoms with Gasteiger partial charge in [-0.05, 0) is 12.0 Å². The molecule has 82 valence electrons. The van der Waals surface area contributed by atoms with Gasteiger partial charge in [0.15, 0.2) is 0 Å². The number of hydrogen-bond donors (Lipinski definition) is 2. The lowest BCUT2D eigenvalue weighted by Crippen LogP contribution is -2.45. The van der Waals surface area contributed by atoms with Crippen molar-refractivity contribution in [1.29, 1.82) is 0 Å². The van der Waals surface area contributed by atoms with Gasteiger partial charge in [0.1, 0.15) is 6.04 Å². The van der Waals surface area contributed by atoms with E-state index in [-0.39, 0.29) is 0 Å². The molecule has 15 heavy (non-hydrogen) atoms. The number of carboxylic acids is 1. The van der Waals surface area contributed by atoms with Crippen LogP contribution in [0.1, 0.15) is 5.56 Å². The van der Waals surface area contributed by atoms with Crippen LogP contribution in [-0.4, -0.2) is 36.2 Å². The molecule has 2 N–H and O–H groups in total. The Hall–Kier alpha value is -1.39. The molecule has 0 fully saturated rings. The van der Waals surface area contributed by atoms with Crippen LogP contribution in [0, 0.1) is 0 Å². The zero-order valence-corrected chi connectivity index (χ0v) is 8.97. The molecule has 4 nitrogen and oxygen atoms in total. The summed E-state index contributed by atoms with van der Waals surface area (Å²) in [6.07, 6.45) is 0.481. The van der Waals surface area contributed by atoms with Gasteiger partial charge >= 0.3 is 5.97 Å². The summed E-state index contributed by atoms with van der Waals surface area (Å²) in [5.74, 6) is -0.840. The monoisotopic (exact) mass is 208 g/mol. The lowest BCUT2D eigenvalue weighted by atomic mass is 10.1. The summed E-state index contributed by atoms with van der Waals surface area (Å²) in [5.41, 5.74) is 3.87. The molecule has 4 heteroatoms. The molecule has 0 amide bonds. The maximum Gasteiger partial charge on any atom is 0.322 e. The van der Waals surface area contributed by atoms with Crippen LogP contribution in [0.5, 0.6) is 0 Å². The van der Waals surface area contributed by atoms with Gasteiger partial charge in [-0.3, -0.25) is 4.79 Å². The number of nitrogens with zero attached hydrogens (tertiary/aromatic N) is 1. The molecule has 1 aromatic carbocycles. The van der Waals surface area contributed by atoms with Crippen molar-refractivity contribution in [1.82, 2.24) is 10.4 Å². The van der Waals surface area contributed by atoms with Crippen LogP contribution in [0.2, 0.25) is 0 Å². The standard InChI is InChI=1S/C11H16N2O2/c1-13(2)12-10(11(14)15)8-9-6-4-3-5-7-9/h3-7,10,12H,8H2,1-2H3,(H,14,15). The van der Waals surface area contributed by atoms with Crippen molar-refractivity contribution in [3.05, 3.63) is 35.9 Å². The van der Waals surface area contributed by atoms with Crippen LogP contribution >= 0.6 is 0 Å². The summed E-state index contributed by atoms with van der Waals surface area (Å²) in [5, 5.41) is 10.6. The fourth-order valence-electron chi connectivity index (χ4n) is 1.35. The Kier molecular flexibility index (Phi) is 4.27. The van der Waals surface area contributed by atoms with Crippen LogP contribution in [0.3, 0.4) is 0 Å². The molecule has 0 aliphatic heterocycles. The summed E-state index contributed by atoms with van der Waals surface area (Å²) in [6, 6.07) is 9.00. The smallest absolute Gasteiger partial charge is 0.322 e. The van der Waals surface area contributed by atoms with Crippen molar-refractivity contribution in [2.75, 3.05) is 14.1 Å². The van der Waals surface area contributed by atoms with Crippen molar-refractivity contribution >= 4 is 5.97 Å². The Morgan fingerprint density at radius 2 is 2.00 bits per heavy atom. The predicted octanol–water partition coefficient (Wildman–Crippen LogP) is 0.748. The van der Waals surface area contributed by atoms with Gasteiger partial charge in [0.05, 0.1) is 0 Å². The fourth-order valence-corrected chi connectivity index (χ4v) is 1.35. The van der Waals surface area contributed by atoms with E-state index in [1.807, 2.05) is 30.3 Å². The highest BCUT2D eigenvalue weighted by atomic mass is 16.4. The number of nitrogens with one attached hydrogen (secondary N) is 1. The summed E-state index contributed by atoms with van der Waals surface area (Å²) in [6.45, 7) is 0. The van der Waals surface area contributed by atoms with E-state index in [0.717, 1.165) is 5.56 Å². The Labute approximate surface area is 89.5 Å². The van der Waals surface area contributed by atoms with Gasteiger partial charge in [0, 0.05) is 14.1 Å². The van der Waals surface area contributed by atoms with Crippen molar-refractivity contribution in [2.45, 2.75) is 12.5 Å². The molecule has 1 atom stereocenters. The van der Waals surface area contributed by atoms with Crippen LogP contribution in [0.4, 0.5) is 0 Å². The van der Waals surface area contributed by atoms with Gasteiger partial charge in [-0.1, -0.05) is 30.3 Å². The van der Waals surface area contributed by atoms with E-state index in [2.05, 4.69) is 5.43 Å². The lowest BCUT2D eigenvalue weighted by molar-refractivity contribution is -0.140. The highest BCUT2D eigenvalue weighted by Gasteiger charge is 2.17. The molecule has 0 heterocycles. The summed E-state index contributed by atoms with van der Waals surface area (Å²) < 4.78 is 0. The topological polar surface area (TPSA) is 52.6 Å². The van der Waals surface area contributed by atoms with Gasteiger partial charge in [-0.25, -0.2) is 10.4 Å². The van der Waals surface area contributed by atoms with Crippen molar-refractivity contribution in [3.63, 3.8) is 0 Å². The number of hydrogen-bond acceptors (Lipinski definition) is 3. The maximum absolute atomic E-state index is 11.0. The average molecular weight is 208 g/mol. The van der Waals surface area contributed by atoms with Gasteiger partial charge in [0.25, 0.3) is 0 Å². The first-order valence-electron chi connectivity index (χ1n) is 4.80. The van der Waals surface area contributed by atoms with E-state index in [1.54, 1.807) is 19.1 Å². The minimum Gasteiger partial charge on any atom is -0.480 e. The molecule has 0 saturated carbocycles. The highest BCUT2D eigenvalue weighted by molar-refractivity contribution is 5.73. The second-order valence-corrected chi connectivity index (χ2v) is 3.60. The minimum atomic E-state index is -0.840. The Balaban J connectivity index is 2.63. The van der Waals surface area contributed by atoms with Gasteiger partial charge in [-0.2, -0.15) is 0 Å². The highest BCUT2D eigenvalue weighted by Crippen LogP contribution is 2.03. The molecular formula is C11H16N2O2. The van der Waals surface area contributed by atoms with Gasteiger partial charge in [0.2, 0.25) is 0 Å². The molecule has 0 spiro atoms. The van der Waals surface area contributed by atoms with Gasteiger partial charge in [-0.15, -0.1) is 0 Å². The van der Waals surface area contributed by atoms with E-state index in [0.29, 0.717) is 6.42 Å². The van der Waals surface area contributed by atoms with Crippen LogP contribution in [-0.2, 0) is 11.2 Å². The summed E-state index contributed by atoms with van der Waals surface area (Å²) in [4.78, 5) is 11.0. The number of hydrazine groups is 1. The first-order valence-corrected chi connectivity index (χ1v) is 4.80. The van der Waals surface area contributed by atoms with E-state index < -0.39 is 12.0 Å². The summed E-state index contributed by atoms with van der Waals surface area (Å²) >= 11 is 0. The third-order valence-corrected chi connectivity index (χ3v) is 1.99. The molecule has 0 radical (unpaired) electrons. The normalized spacial score (nSPS) is 12.7. The molecule has 0 aromatic heterocycles. The van der Waals surface area contributed by atoms with Crippen molar-refractivity contribution < 1.29 is 9.90 Å². The predicted molar refractivity (Wildman–Crippen MR) is 58.4 cm³/mol. The molecule has 1 unspecified atom stereocenters. The van der Waals surface area contributed by atoms with E-state index in [1.165, 1.54) is 0 Å².